The molecule has 3 aromatic rings. The number of aromatic carboxylic acids is 1. The van der Waals surface area contributed by atoms with Crippen LogP contribution in [-0.4, -0.2) is 28.8 Å². The van der Waals surface area contributed by atoms with E-state index in [1.165, 1.54) is 11.8 Å². The Hall–Kier alpha value is -2.82. The van der Waals surface area contributed by atoms with Crippen LogP contribution < -0.4 is 19.0 Å². The number of ether oxygens (including phenoxy) is 1. The summed E-state index contributed by atoms with van der Waals surface area (Å²) in [5.74, 6) is -1.78. The van der Waals surface area contributed by atoms with Crippen molar-refractivity contribution in [3.05, 3.63) is 63.7 Å². The molecule has 156 valence electrons. The van der Waals surface area contributed by atoms with E-state index >= 15 is 4.39 Å². The van der Waals surface area contributed by atoms with Crippen LogP contribution in [0.1, 0.15) is 22.3 Å². The number of halogens is 2. The lowest BCUT2D eigenvalue weighted by Gasteiger charge is -2.25. The SMILES string of the molecule is O=C(O)c1cn2c3c(c(NCCCc4ccccc4)c(F)c(NI)c3c1=O)OCC2. The summed E-state index contributed by atoms with van der Waals surface area (Å²) in [4.78, 5) is 24.3. The highest BCUT2D eigenvalue weighted by molar-refractivity contribution is 14.1. The van der Waals surface area contributed by atoms with Gasteiger partial charge in [-0.25, -0.2) is 9.18 Å². The van der Waals surface area contributed by atoms with Crippen LogP contribution in [0.25, 0.3) is 10.9 Å². The van der Waals surface area contributed by atoms with Gasteiger partial charge < -0.3 is 23.3 Å². The van der Waals surface area contributed by atoms with Crippen molar-refractivity contribution in [2.75, 3.05) is 22.0 Å². The van der Waals surface area contributed by atoms with E-state index in [0.29, 0.717) is 18.6 Å². The molecule has 2 heterocycles. The van der Waals surface area contributed by atoms with Crippen LogP contribution in [-0.2, 0) is 13.0 Å². The Bertz CT molecular complexity index is 1180. The van der Waals surface area contributed by atoms with E-state index < -0.39 is 22.8 Å². The van der Waals surface area contributed by atoms with Crippen molar-refractivity contribution in [3.8, 4) is 5.75 Å². The zero-order valence-electron chi connectivity index (χ0n) is 15.9. The van der Waals surface area contributed by atoms with Crippen LogP contribution in [0.4, 0.5) is 15.8 Å². The number of benzene rings is 2. The molecule has 0 aliphatic carbocycles. The number of hydrogen-bond acceptors (Lipinski definition) is 5. The van der Waals surface area contributed by atoms with Gasteiger partial charge in [-0.05, 0) is 18.4 Å². The van der Waals surface area contributed by atoms with Crippen LogP contribution in [0.5, 0.6) is 5.75 Å². The molecule has 1 aromatic heterocycles. The van der Waals surface area contributed by atoms with E-state index in [1.54, 1.807) is 27.4 Å². The van der Waals surface area contributed by atoms with Gasteiger partial charge in [0.05, 0.1) is 46.0 Å². The number of hydrogen-bond donors (Lipinski definition) is 3. The predicted octanol–water partition coefficient (Wildman–Crippen LogP) is 4.04. The Morgan fingerprint density at radius 1 is 1.27 bits per heavy atom. The topological polar surface area (TPSA) is 92.6 Å². The molecule has 0 fully saturated rings. The van der Waals surface area contributed by atoms with E-state index in [0.717, 1.165) is 12.8 Å². The molecule has 0 spiro atoms. The summed E-state index contributed by atoms with van der Waals surface area (Å²) in [6, 6.07) is 10.0. The fraction of sp³-hybridized carbons (Fsp3) is 0.238. The number of carbonyl (C=O) groups is 1. The van der Waals surface area contributed by atoms with E-state index in [9.17, 15) is 14.7 Å². The van der Waals surface area contributed by atoms with Gasteiger partial charge in [0.2, 0.25) is 5.43 Å². The van der Waals surface area contributed by atoms with Crippen molar-refractivity contribution >= 4 is 51.1 Å². The molecule has 0 saturated carbocycles. The summed E-state index contributed by atoms with van der Waals surface area (Å²) in [7, 11) is 0. The van der Waals surface area contributed by atoms with Gasteiger partial charge in [0.15, 0.2) is 11.6 Å². The van der Waals surface area contributed by atoms with E-state index in [2.05, 4.69) is 8.85 Å². The first-order valence-corrected chi connectivity index (χ1v) is 10.5. The Morgan fingerprint density at radius 2 is 2.03 bits per heavy atom. The number of aromatic nitrogens is 1. The van der Waals surface area contributed by atoms with Gasteiger partial charge in [-0.3, -0.25) is 4.79 Å². The van der Waals surface area contributed by atoms with Gasteiger partial charge in [-0.2, -0.15) is 0 Å². The fourth-order valence-corrected chi connectivity index (χ4v) is 4.21. The molecule has 0 unspecified atom stereocenters. The van der Waals surface area contributed by atoms with Gasteiger partial charge in [0.1, 0.15) is 17.9 Å². The molecule has 9 heteroatoms. The van der Waals surface area contributed by atoms with Crippen LogP contribution in [0.2, 0.25) is 0 Å². The average molecular weight is 523 g/mol. The van der Waals surface area contributed by atoms with E-state index in [1.807, 2.05) is 30.3 Å². The number of rotatable bonds is 7. The van der Waals surface area contributed by atoms with Crippen molar-refractivity contribution in [2.24, 2.45) is 0 Å². The summed E-state index contributed by atoms with van der Waals surface area (Å²) in [5.41, 5.74) is 0.571. The molecule has 30 heavy (non-hydrogen) atoms. The molecule has 4 rings (SSSR count). The highest BCUT2D eigenvalue weighted by atomic mass is 127. The third-order valence-corrected chi connectivity index (χ3v) is 5.64. The molecule has 0 atom stereocenters. The minimum atomic E-state index is -1.35. The van der Waals surface area contributed by atoms with Gasteiger partial charge >= 0.3 is 5.97 Å². The Labute approximate surface area is 185 Å². The molecule has 0 radical (unpaired) electrons. The van der Waals surface area contributed by atoms with Gasteiger partial charge in [0.25, 0.3) is 0 Å². The van der Waals surface area contributed by atoms with Gasteiger partial charge in [-0.15, -0.1) is 0 Å². The van der Waals surface area contributed by atoms with E-state index in [-0.39, 0.29) is 29.1 Å². The minimum absolute atomic E-state index is 0.0219. The molecular weight excluding hydrogens is 504 g/mol. The number of carboxylic acids is 1. The zero-order chi connectivity index (χ0) is 21.3. The number of aryl methyl sites for hydroxylation is 1. The largest absolute Gasteiger partial charge is 0.487 e. The van der Waals surface area contributed by atoms with Crippen LogP contribution in [0.15, 0.2) is 41.3 Å². The van der Waals surface area contributed by atoms with Crippen molar-refractivity contribution in [3.63, 3.8) is 0 Å². The second-order valence-electron chi connectivity index (χ2n) is 6.95. The predicted molar refractivity (Wildman–Crippen MR) is 122 cm³/mol. The number of pyridine rings is 1. The normalized spacial score (nSPS) is 12.5. The highest BCUT2D eigenvalue weighted by Crippen LogP contribution is 2.42. The van der Waals surface area contributed by atoms with Crippen molar-refractivity contribution in [1.82, 2.24) is 4.57 Å². The third kappa shape index (κ3) is 3.57. The molecule has 2 aromatic carbocycles. The third-order valence-electron chi connectivity index (χ3n) is 5.10. The smallest absolute Gasteiger partial charge is 0.341 e. The molecule has 0 saturated heterocycles. The summed E-state index contributed by atoms with van der Waals surface area (Å²) in [6.45, 7) is 1.12. The fourth-order valence-electron chi connectivity index (χ4n) is 3.71. The lowest BCUT2D eigenvalue weighted by molar-refractivity contribution is 0.0694. The van der Waals surface area contributed by atoms with Crippen molar-refractivity contribution in [2.45, 2.75) is 19.4 Å². The highest BCUT2D eigenvalue weighted by Gasteiger charge is 2.29. The molecule has 7 nitrogen and oxygen atoms in total. The molecular formula is C21H19FIN3O4. The zero-order valence-corrected chi connectivity index (χ0v) is 18.0. The molecule has 0 amide bonds. The van der Waals surface area contributed by atoms with Crippen molar-refractivity contribution in [1.29, 1.82) is 0 Å². The Morgan fingerprint density at radius 3 is 2.73 bits per heavy atom. The minimum Gasteiger partial charge on any atom is -0.487 e. The van der Waals surface area contributed by atoms with Crippen LogP contribution in [0.3, 0.4) is 0 Å². The van der Waals surface area contributed by atoms with Crippen LogP contribution >= 0.6 is 22.9 Å². The standard InChI is InChI=1S/C21H19FIN3O4/c22-15-16(25-23)14-18-20(17(15)24-8-4-7-12-5-2-1-3-6-12)30-10-9-26(18)11-13(19(14)27)21(28)29/h1-3,5-6,11,24-25H,4,7-10H2,(H,28,29). The first-order chi connectivity index (χ1) is 14.5. The summed E-state index contributed by atoms with van der Waals surface area (Å²) < 4.78 is 25.4. The lowest BCUT2D eigenvalue weighted by atomic mass is 10.1. The average Bonchev–Trinajstić information content (AvgIpc) is 2.75. The number of nitrogens with zero attached hydrogens (tertiary/aromatic N) is 1. The van der Waals surface area contributed by atoms with Gasteiger partial charge in [0, 0.05) is 12.7 Å². The maximum Gasteiger partial charge on any atom is 0.341 e. The number of anilines is 2. The van der Waals surface area contributed by atoms with Crippen LogP contribution in [0, 0.1) is 5.82 Å². The lowest BCUT2D eigenvalue weighted by Crippen LogP contribution is -2.25. The van der Waals surface area contributed by atoms with Gasteiger partial charge in [-0.1, -0.05) is 30.3 Å². The van der Waals surface area contributed by atoms with Crippen molar-refractivity contribution < 1.29 is 19.0 Å². The summed E-state index contributed by atoms with van der Waals surface area (Å²) in [5, 5.41) is 12.5. The Balaban J connectivity index is 1.75. The van der Waals surface area contributed by atoms with E-state index in [4.69, 9.17) is 4.74 Å². The molecule has 0 bridgehead atoms. The second kappa shape index (κ2) is 8.50. The molecule has 1 aliphatic rings. The number of carboxylic acid groups (broad SMARTS) is 1. The maximum atomic E-state index is 15.4. The summed E-state index contributed by atoms with van der Waals surface area (Å²) in [6.07, 6.45) is 2.91. The second-order valence-corrected chi connectivity index (χ2v) is 7.49. The maximum absolute atomic E-state index is 15.4. The summed E-state index contributed by atoms with van der Waals surface area (Å²) >= 11 is 1.74. The number of nitrogens with one attached hydrogen (secondary N) is 2. The first-order valence-electron chi connectivity index (χ1n) is 9.46. The Kier molecular flexibility index (Phi) is 5.80. The quantitative estimate of drug-likeness (QED) is 0.246. The molecule has 3 N–H and O–H groups in total. The first kappa shape index (κ1) is 20.5. The molecule has 1 aliphatic heterocycles. The monoisotopic (exact) mass is 523 g/mol.